The number of benzene rings is 1. The van der Waals surface area contributed by atoms with Gasteiger partial charge in [-0.15, -0.1) is 0 Å². The van der Waals surface area contributed by atoms with Crippen molar-refractivity contribution in [2.45, 2.75) is 18.5 Å². The fourth-order valence-corrected chi connectivity index (χ4v) is 2.50. The number of rotatable bonds is 1. The molecule has 0 radical (unpaired) electrons. The monoisotopic (exact) mass is 174 g/mol. The summed E-state index contributed by atoms with van der Waals surface area (Å²) >= 11 is 0. The maximum absolute atomic E-state index is 3.51. The highest BCUT2D eigenvalue weighted by atomic mass is 15.3. The van der Waals surface area contributed by atoms with Gasteiger partial charge in [-0.1, -0.05) is 18.2 Å². The molecule has 2 atom stereocenters. The second-order valence-electron chi connectivity index (χ2n) is 3.98. The zero-order valence-electron chi connectivity index (χ0n) is 7.61. The molecule has 0 saturated carbocycles. The Morgan fingerprint density at radius 2 is 2.08 bits per heavy atom. The fourth-order valence-electron chi connectivity index (χ4n) is 2.50. The molecule has 2 bridgehead atoms. The molecular formula is C11H14N2. The molecule has 0 amide bonds. The number of nitrogens with zero attached hydrogens (tertiary/aromatic N) is 1. The van der Waals surface area contributed by atoms with Gasteiger partial charge in [0.2, 0.25) is 0 Å². The highest BCUT2D eigenvalue weighted by molar-refractivity contribution is 5.49. The first kappa shape index (κ1) is 7.39. The van der Waals surface area contributed by atoms with Crippen LogP contribution >= 0.6 is 0 Å². The first-order valence-corrected chi connectivity index (χ1v) is 4.98. The highest BCUT2D eigenvalue weighted by Crippen LogP contribution is 2.28. The van der Waals surface area contributed by atoms with Crippen molar-refractivity contribution in [1.29, 1.82) is 0 Å². The Hall–Kier alpha value is -1.02. The molecule has 3 rings (SSSR count). The van der Waals surface area contributed by atoms with Gasteiger partial charge in [0.15, 0.2) is 0 Å². The van der Waals surface area contributed by atoms with Gasteiger partial charge in [-0.3, -0.25) is 0 Å². The van der Waals surface area contributed by atoms with Crippen LogP contribution in [0.25, 0.3) is 0 Å². The summed E-state index contributed by atoms with van der Waals surface area (Å²) < 4.78 is 0. The molecule has 2 heteroatoms. The number of hydrogen-bond acceptors (Lipinski definition) is 2. The van der Waals surface area contributed by atoms with Gasteiger partial charge >= 0.3 is 0 Å². The Balaban J connectivity index is 1.87. The quantitative estimate of drug-likeness (QED) is 0.689. The molecule has 2 heterocycles. The molecule has 2 saturated heterocycles. The van der Waals surface area contributed by atoms with Crippen LogP contribution in [0.1, 0.15) is 6.42 Å². The molecule has 2 fully saturated rings. The first-order valence-electron chi connectivity index (χ1n) is 4.98. The predicted octanol–water partition coefficient (Wildman–Crippen LogP) is 1.24. The van der Waals surface area contributed by atoms with Gasteiger partial charge in [0.25, 0.3) is 0 Å². The number of anilines is 1. The molecule has 0 aliphatic carbocycles. The molecule has 68 valence electrons. The first-order chi connectivity index (χ1) is 6.43. The third-order valence-electron chi connectivity index (χ3n) is 3.14. The van der Waals surface area contributed by atoms with Crippen LogP contribution in [-0.2, 0) is 0 Å². The summed E-state index contributed by atoms with van der Waals surface area (Å²) in [6.45, 7) is 2.36. The van der Waals surface area contributed by atoms with E-state index >= 15 is 0 Å². The van der Waals surface area contributed by atoms with Crippen LogP contribution in [0.5, 0.6) is 0 Å². The van der Waals surface area contributed by atoms with Crippen LogP contribution in [0.4, 0.5) is 5.69 Å². The third-order valence-corrected chi connectivity index (χ3v) is 3.14. The predicted molar refractivity (Wildman–Crippen MR) is 54.0 cm³/mol. The van der Waals surface area contributed by atoms with Gasteiger partial charge in [0.1, 0.15) is 0 Å². The summed E-state index contributed by atoms with van der Waals surface area (Å²) in [5.41, 5.74) is 1.39. The third kappa shape index (κ3) is 1.13. The highest BCUT2D eigenvalue weighted by Gasteiger charge is 2.37. The van der Waals surface area contributed by atoms with E-state index in [0.717, 1.165) is 12.1 Å². The Kier molecular flexibility index (Phi) is 1.56. The van der Waals surface area contributed by atoms with Crippen LogP contribution in [0.3, 0.4) is 0 Å². The van der Waals surface area contributed by atoms with E-state index in [0.29, 0.717) is 0 Å². The normalized spacial score (nSPS) is 31.2. The largest absolute Gasteiger partial charge is 0.366 e. The summed E-state index contributed by atoms with van der Waals surface area (Å²) in [6.07, 6.45) is 1.33. The second-order valence-corrected chi connectivity index (χ2v) is 3.98. The molecule has 0 unspecified atom stereocenters. The van der Waals surface area contributed by atoms with E-state index in [1.54, 1.807) is 0 Å². The summed E-state index contributed by atoms with van der Waals surface area (Å²) in [4.78, 5) is 2.53. The Labute approximate surface area is 78.6 Å². The molecule has 0 aromatic heterocycles. The van der Waals surface area contributed by atoms with Gasteiger partial charge in [-0.05, 0) is 18.6 Å². The Morgan fingerprint density at radius 3 is 2.69 bits per heavy atom. The standard InChI is InChI=1S/C11H14N2/c1-2-4-10(5-3-1)13-8-9-6-11(13)7-12-9/h1-5,9,11-12H,6-8H2/t9-,11+/m1/s1. The minimum atomic E-state index is 0.741. The fraction of sp³-hybridized carbons (Fsp3) is 0.455. The minimum absolute atomic E-state index is 0.741. The number of piperazine rings is 1. The lowest BCUT2D eigenvalue weighted by atomic mass is 10.2. The summed E-state index contributed by atoms with van der Waals surface area (Å²) in [5, 5.41) is 3.51. The van der Waals surface area contributed by atoms with Crippen molar-refractivity contribution in [2.75, 3.05) is 18.0 Å². The number of hydrogen-bond donors (Lipinski definition) is 1. The SMILES string of the molecule is c1ccc(N2C[C@H]3C[C@H]2CN3)cc1. The number of para-hydroxylation sites is 1. The van der Waals surface area contributed by atoms with E-state index in [1.807, 2.05) is 0 Å². The van der Waals surface area contributed by atoms with Gasteiger partial charge in [0.05, 0.1) is 0 Å². The molecule has 1 N–H and O–H groups in total. The van der Waals surface area contributed by atoms with Gasteiger partial charge < -0.3 is 10.2 Å². The van der Waals surface area contributed by atoms with E-state index in [-0.39, 0.29) is 0 Å². The van der Waals surface area contributed by atoms with Crippen molar-refractivity contribution in [1.82, 2.24) is 5.32 Å². The average Bonchev–Trinajstić information content (AvgIpc) is 2.80. The zero-order chi connectivity index (χ0) is 8.67. The van der Waals surface area contributed by atoms with Crippen molar-refractivity contribution < 1.29 is 0 Å². The molecule has 0 spiro atoms. The van der Waals surface area contributed by atoms with Gasteiger partial charge in [0, 0.05) is 30.9 Å². The van der Waals surface area contributed by atoms with E-state index in [4.69, 9.17) is 0 Å². The van der Waals surface area contributed by atoms with Crippen molar-refractivity contribution in [3.05, 3.63) is 30.3 Å². The molecule has 2 aliphatic heterocycles. The Bertz CT molecular complexity index is 296. The second kappa shape index (κ2) is 2.74. The van der Waals surface area contributed by atoms with Crippen molar-refractivity contribution in [2.24, 2.45) is 0 Å². The lowest BCUT2D eigenvalue weighted by Gasteiger charge is -2.29. The zero-order valence-corrected chi connectivity index (χ0v) is 7.61. The summed E-state index contributed by atoms with van der Waals surface area (Å²) in [6, 6.07) is 12.2. The van der Waals surface area contributed by atoms with Crippen LogP contribution < -0.4 is 10.2 Å². The van der Waals surface area contributed by atoms with E-state index in [1.165, 1.54) is 25.2 Å². The molecular weight excluding hydrogens is 160 g/mol. The van der Waals surface area contributed by atoms with Crippen LogP contribution in [0, 0.1) is 0 Å². The van der Waals surface area contributed by atoms with Crippen LogP contribution in [0.2, 0.25) is 0 Å². The van der Waals surface area contributed by atoms with Crippen molar-refractivity contribution in [3.8, 4) is 0 Å². The smallest absolute Gasteiger partial charge is 0.0430 e. The van der Waals surface area contributed by atoms with Crippen molar-refractivity contribution >= 4 is 5.69 Å². The molecule has 1 aromatic rings. The van der Waals surface area contributed by atoms with E-state index < -0.39 is 0 Å². The van der Waals surface area contributed by atoms with E-state index in [9.17, 15) is 0 Å². The minimum Gasteiger partial charge on any atom is -0.366 e. The van der Waals surface area contributed by atoms with Crippen molar-refractivity contribution in [3.63, 3.8) is 0 Å². The lowest BCUT2D eigenvalue weighted by Crippen LogP contribution is -2.43. The van der Waals surface area contributed by atoms with Gasteiger partial charge in [-0.25, -0.2) is 0 Å². The number of nitrogens with one attached hydrogen (secondary N) is 1. The molecule has 2 nitrogen and oxygen atoms in total. The van der Waals surface area contributed by atoms with E-state index in [2.05, 4.69) is 40.5 Å². The lowest BCUT2D eigenvalue weighted by molar-refractivity contribution is 0.580. The van der Waals surface area contributed by atoms with Gasteiger partial charge in [-0.2, -0.15) is 0 Å². The maximum atomic E-state index is 3.51. The molecule has 2 aliphatic rings. The molecule has 13 heavy (non-hydrogen) atoms. The van der Waals surface area contributed by atoms with Crippen LogP contribution in [-0.4, -0.2) is 25.2 Å². The topological polar surface area (TPSA) is 15.3 Å². The number of fused-ring (bicyclic) bond motifs is 2. The summed E-state index contributed by atoms with van der Waals surface area (Å²) in [7, 11) is 0. The van der Waals surface area contributed by atoms with Crippen LogP contribution in [0.15, 0.2) is 30.3 Å². The summed E-state index contributed by atoms with van der Waals surface area (Å²) in [5.74, 6) is 0. The maximum Gasteiger partial charge on any atom is 0.0430 e. The molecule has 1 aromatic carbocycles. The Morgan fingerprint density at radius 1 is 1.23 bits per heavy atom. The average molecular weight is 174 g/mol.